The van der Waals surface area contributed by atoms with E-state index in [2.05, 4.69) is 36.2 Å². The predicted octanol–water partition coefficient (Wildman–Crippen LogP) is 5.93. The third-order valence-electron chi connectivity index (χ3n) is 5.03. The van der Waals surface area contributed by atoms with E-state index in [-0.39, 0.29) is 6.03 Å². The zero-order chi connectivity index (χ0) is 23.2. The van der Waals surface area contributed by atoms with Gasteiger partial charge in [0.15, 0.2) is 0 Å². The summed E-state index contributed by atoms with van der Waals surface area (Å²) < 4.78 is 0. The van der Waals surface area contributed by atoms with Crippen molar-refractivity contribution >= 4 is 40.5 Å². The highest BCUT2D eigenvalue weighted by Gasteiger charge is 2.07. The van der Waals surface area contributed by atoms with Gasteiger partial charge in [-0.25, -0.2) is 19.7 Å². The van der Waals surface area contributed by atoms with E-state index >= 15 is 0 Å². The van der Waals surface area contributed by atoms with Crippen LogP contribution in [0.4, 0.5) is 39.3 Å². The van der Waals surface area contributed by atoms with Gasteiger partial charge in [0.1, 0.15) is 23.3 Å². The summed E-state index contributed by atoms with van der Waals surface area (Å²) in [5.41, 5.74) is 4.47. The molecule has 4 aromatic rings. The molecular weight excluding hydrogens is 414 g/mol. The van der Waals surface area contributed by atoms with Crippen molar-refractivity contribution in [3.63, 3.8) is 0 Å². The molecule has 8 nitrogen and oxygen atoms in total. The number of urea groups is 1. The van der Waals surface area contributed by atoms with E-state index in [0.29, 0.717) is 29.0 Å². The topological polar surface area (TPSA) is 104 Å². The maximum Gasteiger partial charge on any atom is 0.323 e. The molecule has 0 saturated carbocycles. The molecule has 0 fully saturated rings. The Kier molecular flexibility index (Phi) is 6.45. The van der Waals surface area contributed by atoms with Crippen LogP contribution in [0.3, 0.4) is 0 Å². The normalized spacial score (nSPS) is 10.4. The molecule has 0 unspecified atom stereocenters. The van der Waals surface area contributed by atoms with Crippen LogP contribution >= 0.6 is 0 Å². The van der Waals surface area contributed by atoms with Gasteiger partial charge < -0.3 is 21.3 Å². The molecule has 2 heterocycles. The van der Waals surface area contributed by atoms with Crippen molar-refractivity contribution in [1.82, 2.24) is 15.0 Å². The van der Waals surface area contributed by atoms with E-state index in [1.165, 1.54) is 0 Å². The van der Waals surface area contributed by atoms with Gasteiger partial charge in [0.2, 0.25) is 0 Å². The third kappa shape index (κ3) is 5.82. The van der Waals surface area contributed by atoms with Gasteiger partial charge >= 0.3 is 6.03 Å². The van der Waals surface area contributed by atoms with Crippen molar-refractivity contribution in [2.75, 3.05) is 21.3 Å². The third-order valence-corrected chi connectivity index (χ3v) is 5.03. The summed E-state index contributed by atoms with van der Waals surface area (Å²) in [6.07, 6.45) is 1.72. The lowest BCUT2D eigenvalue weighted by atomic mass is 10.1. The summed E-state index contributed by atoms with van der Waals surface area (Å²) in [6, 6.07) is 20.4. The number of benzene rings is 2. The molecule has 0 aliphatic rings. The lowest BCUT2D eigenvalue weighted by Crippen LogP contribution is -2.20. The summed E-state index contributed by atoms with van der Waals surface area (Å²) >= 11 is 0. The number of nitrogens with one attached hydrogen (secondary N) is 4. The number of pyridine rings is 1. The molecule has 8 heteroatoms. The molecule has 33 heavy (non-hydrogen) atoms. The molecule has 0 aliphatic heterocycles. The van der Waals surface area contributed by atoms with Crippen LogP contribution in [0.15, 0.2) is 72.9 Å². The second-order valence-corrected chi connectivity index (χ2v) is 7.55. The van der Waals surface area contributed by atoms with Crippen molar-refractivity contribution in [3.8, 4) is 0 Å². The number of carbonyl (C=O) groups excluding carboxylic acids is 1. The van der Waals surface area contributed by atoms with E-state index in [1.54, 1.807) is 6.20 Å². The molecule has 0 spiro atoms. The van der Waals surface area contributed by atoms with Crippen LogP contribution in [0.2, 0.25) is 0 Å². The van der Waals surface area contributed by atoms with Gasteiger partial charge in [-0.2, -0.15) is 0 Å². The van der Waals surface area contributed by atoms with Gasteiger partial charge in [-0.1, -0.05) is 18.2 Å². The molecule has 0 saturated heterocycles. The molecule has 4 N–H and O–H groups in total. The minimum Gasteiger partial charge on any atom is -0.340 e. The first-order chi connectivity index (χ1) is 16.0. The van der Waals surface area contributed by atoms with E-state index in [1.807, 2.05) is 87.5 Å². The number of nitrogens with zero attached hydrogens (tertiary/aromatic N) is 3. The average Bonchev–Trinajstić information content (AvgIpc) is 2.78. The molecule has 2 aromatic carbocycles. The number of rotatable bonds is 6. The Morgan fingerprint density at radius 1 is 0.727 bits per heavy atom. The molecule has 2 amide bonds. The molecule has 2 aromatic heterocycles. The maximum atomic E-state index is 12.4. The van der Waals surface area contributed by atoms with Gasteiger partial charge in [0, 0.05) is 29.3 Å². The van der Waals surface area contributed by atoms with E-state index in [4.69, 9.17) is 0 Å². The SMILES string of the molecule is Cc1nc(Nc2ccc(NC(=O)Nc3cccc(C)c3C)cc2)cc(Nc2ccccn2)n1. The zero-order valence-corrected chi connectivity index (χ0v) is 18.7. The fourth-order valence-electron chi connectivity index (χ4n) is 3.22. The standard InChI is InChI=1S/C25H25N7O/c1-16-7-6-8-21(17(16)2)31-25(33)30-20-12-10-19(11-13-20)29-23-15-24(28-18(3)27-23)32-22-9-4-5-14-26-22/h4-15H,1-3H3,(H2,30,31,33)(H2,26,27,28,29,32). The Bertz CT molecular complexity index is 1260. The number of carbonyl (C=O) groups is 1. The largest absolute Gasteiger partial charge is 0.340 e. The van der Waals surface area contributed by atoms with Crippen molar-refractivity contribution in [3.05, 3.63) is 89.9 Å². The predicted molar refractivity (Wildman–Crippen MR) is 133 cm³/mol. The molecule has 0 radical (unpaired) electrons. The Morgan fingerprint density at radius 2 is 1.45 bits per heavy atom. The van der Waals surface area contributed by atoms with E-state index in [0.717, 1.165) is 22.5 Å². The second-order valence-electron chi connectivity index (χ2n) is 7.55. The number of amides is 2. The fourth-order valence-corrected chi connectivity index (χ4v) is 3.22. The van der Waals surface area contributed by atoms with Gasteiger partial charge in [0.25, 0.3) is 0 Å². The number of aryl methyl sites for hydroxylation is 2. The molecule has 0 atom stereocenters. The molecular formula is C25H25N7O. The zero-order valence-electron chi connectivity index (χ0n) is 18.7. The highest BCUT2D eigenvalue weighted by molar-refractivity contribution is 6.00. The van der Waals surface area contributed by atoms with Crippen LogP contribution in [0.25, 0.3) is 0 Å². The molecule has 0 aliphatic carbocycles. The van der Waals surface area contributed by atoms with Gasteiger partial charge in [-0.15, -0.1) is 0 Å². The Morgan fingerprint density at radius 3 is 2.18 bits per heavy atom. The first kappa shape index (κ1) is 21.8. The van der Waals surface area contributed by atoms with Crippen LogP contribution < -0.4 is 21.3 Å². The lowest BCUT2D eigenvalue weighted by molar-refractivity contribution is 0.262. The minimum atomic E-state index is -0.291. The first-order valence-electron chi connectivity index (χ1n) is 10.5. The maximum absolute atomic E-state index is 12.4. The van der Waals surface area contributed by atoms with Crippen LogP contribution in [-0.4, -0.2) is 21.0 Å². The van der Waals surface area contributed by atoms with Crippen molar-refractivity contribution in [1.29, 1.82) is 0 Å². The van der Waals surface area contributed by atoms with E-state index in [9.17, 15) is 4.79 Å². The minimum absolute atomic E-state index is 0.291. The molecule has 166 valence electrons. The van der Waals surface area contributed by atoms with Crippen molar-refractivity contribution < 1.29 is 4.79 Å². The Hall–Kier alpha value is -4.46. The van der Waals surface area contributed by atoms with Gasteiger partial charge in [0.05, 0.1) is 0 Å². The van der Waals surface area contributed by atoms with Gasteiger partial charge in [-0.3, -0.25) is 0 Å². The van der Waals surface area contributed by atoms with Gasteiger partial charge in [-0.05, 0) is 74.4 Å². The summed E-state index contributed by atoms with van der Waals surface area (Å²) in [5.74, 6) is 2.62. The molecule has 0 bridgehead atoms. The number of aromatic nitrogens is 3. The highest BCUT2D eigenvalue weighted by atomic mass is 16.2. The second kappa shape index (κ2) is 9.78. The average molecular weight is 440 g/mol. The summed E-state index contributed by atoms with van der Waals surface area (Å²) in [6.45, 7) is 5.83. The summed E-state index contributed by atoms with van der Waals surface area (Å²) in [7, 11) is 0. The monoisotopic (exact) mass is 439 g/mol. The lowest BCUT2D eigenvalue weighted by Gasteiger charge is -2.12. The van der Waals surface area contributed by atoms with Crippen molar-refractivity contribution in [2.24, 2.45) is 0 Å². The number of anilines is 6. The summed E-state index contributed by atoms with van der Waals surface area (Å²) in [5, 5.41) is 12.2. The van der Waals surface area contributed by atoms with Crippen molar-refractivity contribution in [2.45, 2.75) is 20.8 Å². The van der Waals surface area contributed by atoms with Crippen LogP contribution in [0.5, 0.6) is 0 Å². The number of hydrogen-bond acceptors (Lipinski definition) is 6. The highest BCUT2D eigenvalue weighted by Crippen LogP contribution is 2.22. The Labute approximate surface area is 192 Å². The quantitative estimate of drug-likeness (QED) is 0.297. The van der Waals surface area contributed by atoms with Crippen LogP contribution in [0, 0.1) is 20.8 Å². The van der Waals surface area contributed by atoms with E-state index < -0.39 is 0 Å². The molecule has 4 rings (SSSR count). The van der Waals surface area contributed by atoms with Crippen LogP contribution in [0.1, 0.15) is 17.0 Å². The first-order valence-corrected chi connectivity index (χ1v) is 10.5. The summed E-state index contributed by atoms with van der Waals surface area (Å²) in [4.78, 5) is 25.5. The Balaban J connectivity index is 1.39. The van der Waals surface area contributed by atoms with Crippen LogP contribution in [-0.2, 0) is 0 Å². The number of hydrogen-bond donors (Lipinski definition) is 4. The smallest absolute Gasteiger partial charge is 0.323 e. The fraction of sp³-hybridized carbons (Fsp3) is 0.120.